The number of ether oxygens (including phenoxy) is 3. The van der Waals surface area contributed by atoms with Crippen LogP contribution >= 0.6 is 0 Å². The highest BCUT2D eigenvalue weighted by Gasteiger charge is 2.45. The molecule has 2 aliphatic rings. The fraction of sp³-hybridized carbons (Fsp3) is 0.700. The van der Waals surface area contributed by atoms with E-state index >= 15 is 0 Å². The first kappa shape index (κ1) is 78.4. The summed E-state index contributed by atoms with van der Waals surface area (Å²) in [4.78, 5) is 130. The highest BCUT2D eigenvalue weighted by Crippen LogP contribution is 2.33. The number of urea groups is 1. The molecule has 0 radical (unpaired) electrons. The second kappa shape index (κ2) is 38.4. The number of nitrogens with zero attached hydrogens (tertiary/aromatic N) is 3. The van der Waals surface area contributed by atoms with E-state index in [1.54, 1.807) is 64.0 Å². The van der Waals surface area contributed by atoms with E-state index in [0.29, 0.717) is 50.6 Å². The van der Waals surface area contributed by atoms with Gasteiger partial charge < -0.3 is 61.6 Å². The van der Waals surface area contributed by atoms with E-state index in [-0.39, 0.29) is 135 Å². The molecule has 6 amide bonds. The molecule has 9 N–H and O–H groups in total. The zero-order valence-corrected chi connectivity index (χ0v) is 57.4. The Labute approximate surface area is 547 Å². The molecule has 2 fully saturated rings. The van der Waals surface area contributed by atoms with Gasteiger partial charge in [0.15, 0.2) is 11.6 Å². The molecule has 0 bridgehead atoms. The van der Waals surface area contributed by atoms with Crippen molar-refractivity contribution in [2.45, 2.75) is 207 Å². The van der Waals surface area contributed by atoms with Gasteiger partial charge >= 0.3 is 6.03 Å². The number of nitrogens with two attached hydrogens (primary N) is 2. The minimum atomic E-state index is -1.31. The quantitative estimate of drug-likeness (QED) is 0.0430. The third-order valence-corrected chi connectivity index (χ3v) is 19.1. The number of likely N-dealkylation sites (N-methyl/N-ethyl adjacent to an activating group) is 2. The van der Waals surface area contributed by atoms with Gasteiger partial charge in [0.2, 0.25) is 23.6 Å². The van der Waals surface area contributed by atoms with Crippen molar-refractivity contribution in [3.05, 3.63) is 71.3 Å². The predicted molar refractivity (Wildman–Crippen MR) is 353 cm³/mol. The Morgan fingerprint density at radius 1 is 0.717 bits per heavy atom. The summed E-state index contributed by atoms with van der Waals surface area (Å²) in [5, 5.41) is 29.1. The van der Waals surface area contributed by atoms with Crippen LogP contribution in [0.15, 0.2) is 54.6 Å². The maximum absolute atomic E-state index is 14.6. The minimum Gasteiger partial charge on any atom is -0.388 e. The summed E-state index contributed by atoms with van der Waals surface area (Å²) in [6, 6.07) is 13.9. The zero-order chi connectivity index (χ0) is 68.7. The summed E-state index contributed by atoms with van der Waals surface area (Å²) < 4.78 is 17.9. The van der Waals surface area contributed by atoms with E-state index in [0.717, 1.165) is 11.1 Å². The molecule has 0 aliphatic carbocycles. The Morgan fingerprint density at radius 2 is 1.35 bits per heavy atom. The molecule has 2 aromatic carbocycles. The average molecular weight is 1290 g/mol. The molecule has 2 aromatic rings. The highest BCUT2D eigenvalue weighted by atomic mass is 16.5. The number of aliphatic hydroxyl groups is 2. The smallest absolute Gasteiger partial charge is 0.312 e. The van der Waals surface area contributed by atoms with Gasteiger partial charge in [-0.05, 0) is 93.0 Å². The van der Waals surface area contributed by atoms with Crippen molar-refractivity contribution in [1.29, 1.82) is 0 Å². The molecule has 92 heavy (non-hydrogen) atoms. The molecular formula is C70H112N8O14. The molecule has 2 aliphatic heterocycles. The first-order chi connectivity index (χ1) is 43.5. The van der Waals surface area contributed by atoms with Gasteiger partial charge in [0.05, 0.1) is 55.0 Å². The molecule has 0 spiro atoms. The predicted octanol–water partition coefficient (Wildman–Crippen LogP) is 5.02. The maximum atomic E-state index is 14.6. The van der Waals surface area contributed by atoms with Gasteiger partial charge in [0, 0.05) is 103 Å². The van der Waals surface area contributed by atoms with E-state index in [4.69, 9.17) is 25.7 Å². The van der Waals surface area contributed by atoms with Crippen molar-refractivity contribution < 1.29 is 67.6 Å². The number of primary amides is 1. The number of carbonyl (C=O) groups is 9. The summed E-state index contributed by atoms with van der Waals surface area (Å²) in [5.74, 6) is -5.19. The number of aliphatic hydroxyl groups excluding tert-OH is 2. The second-order valence-corrected chi connectivity index (χ2v) is 27.0. The maximum Gasteiger partial charge on any atom is 0.312 e. The molecule has 22 nitrogen and oxygen atoms in total. The Balaban J connectivity index is 1.42. The molecule has 0 saturated carbocycles. The lowest BCUT2D eigenvalue weighted by Gasteiger charge is -2.41. The number of methoxy groups -OCH3 is 2. The number of likely N-dealkylation sites (tertiary alicyclic amines) is 1. The first-order valence-electron chi connectivity index (χ1n) is 33.3. The number of ketones is 4. The van der Waals surface area contributed by atoms with Gasteiger partial charge in [-0.25, -0.2) is 4.79 Å². The van der Waals surface area contributed by atoms with Crippen molar-refractivity contribution in [2.75, 3.05) is 61.5 Å². The summed E-state index contributed by atoms with van der Waals surface area (Å²) >= 11 is 0. The molecule has 2 saturated heterocycles. The van der Waals surface area contributed by atoms with Gasteiger partial charge in [-0.15, -0.1) is 0 Å². The lowest BCUT2D eigenvalue weighted by atomic mass is 9.83. The summed E-state index contributed by atoms with van der Waals surface area (Å²) in [6.07, 6.45) is -2.94. The van der Waals surface area contributed by atoms with Crippen LogP contribution in [0, 0.1) is 47.3 Å². The van der Waals surface area contributed by atoms with Crippen molar-refractivity contribution in [1.82, 2.24) is 30.7 Å². The summed E-state index contributed by atoms with van der Waals surface area (Å²) in [6.45, 7) is 18.2. The van der Waals surface area contributed by atoms with E-state index in [1.807, 2.05) is 103 Å². The monoisotopic (exact) mass is 1290 g/mol. The van der Waals surface area contributed by atoms with Crippen LogP contribution in [-0.2, 0) is 71.8 Å². The molecule has 2 heterocycles. The number of benzene rings is 2. The van der Waals surface area contributed by atoms with Crippen LogP contribution in [0.4, 0.5) is 4.79 Å². The van der Waals surface area contributed by atoms with Crippen LogP contribution in [-0.4, -0.2) is 200 Å². The number of carbonyl (C=O) groups excluding carboxylic acids is 9. The van der Waals surface area contributed by atoms with Crippen molar-refractivity contribution >= 4 is 52.8 Å². The van der Waals surface area contributed by atoms with Crippen molar-refractivity contribution in [3.63, 3.8) is 0 Å². The van der Waals surface area contributed by atoms with E-state index in [9.17, 15) is 53.4 Å². The third kappa shape index (κ3) is 22.9. The fourth-order valence-electron chi connectivity index (χ4n) is 13.5. The van der Waals surface area contributed by atoms with Crippen LogP contribution in [0.3, 0.4) is 0 Å². The second-order valence-electron chi connectivity index (χ2n) is 27.0. The Hall–Kier alpha value is -6.01. The molecule has 4 rings (SSSR count). The lowest BCUT2D eigenvalue weighted by Crippen LogP contribution is -2.54. The van der Waals surface area contributed by atoms with Gasteiger partial charge in [-0.1, -0.05) is 123 Å². The van der Waals surface area contributed by atoms with Crippen LogP contribution < -0.4 is 27.4 Å². The number of amides is 6. The van der Waals surface area contributed by atoms with Crippen LogP contribution in [0.2, 0.25) is 0 Å². The number of hydrogen-bond donors (Lipinski definition) is 7. The van der Waals surface area contributed by atoms with Crippen LogP contribution in [0.1, 0.15) is 143 Å². The van der Waals surface area contributed by atoms with E-state index in [1.165, 1.54) is 0 Å². The minimum absolute atomic E-state index is 0.0161. The Kier molecular flexibility index (Phi) is 32.7. The topological polar surface area (TPSA) is 320 Å². The molecule has 10 unspecified atom stereocenters. The van der Waals surface area contributed by atoms with Crippen molar-refractivity contribution in [2.24, 2.45) is 58.8 Å². The van der Waals surface area contributed by atoms with Crippen LogP contribution in [0.5, 0.6) is 0 Å². The van der Waals surface area contributed by atoms with Gasteiger partial charge in [0.1, 0.15) is 23.8 Å². The lowest BCUT2D eigenvalue weighted by molar-refractivity contribution is -0.149. The fourth-order valence-corrected chi connectivity index (χ4v) is 13.5. The molecular weight excluding hydrogens is 1180 g/mol. The van der Waals surface area contributed by atoms with E-state index < -0.39 is 90.4 Å². The van der Waals surface area contributed by atoms with Gasteiger partial charge in [-0.2, -0.15) is 0 Å². The normalized spacial score (nSPS) is 20.8. The SMILES string of the molecule is CCC(C)C(C(CC(=O)N1CCCC1C(OC)C(C)C(=O)C[C@@H](Cc1ccccc1)C(=O)NCCc1ccc(CC(=O)C(CCCNC(N)=O)NC(=O)[C@H](CC(=O)C[C@@H]2O[C@H](CN)C(O)C2O)C(C)C)cc1)OC)N(C)C(=O)[C@@H](CC(=O)C(C(C)C)N(C)C)C(C)C. The number of nitrogens with one attached hydrogen (secondary N) is 3. The average Bonchev–Trinajstić information content (AvgIpc) is 1.42. The van der Waals surface area contributed by atoms with E-state index in [2.05, 4.69) is 16.0 Å². The number of rotatable bonds is 41. The molecule has 516 valence electrons. The standard InChI is InChI=1S/C70H112N8O14/c1-15-44(8)63(77(12)69(88)52(42(4)5)38-57(82)62(43(6)7)76(10)11)58(90-13)39-61(83)78-32-20-24-54(78)66(91-14)45(9)55(80)35-49(33-47-21-17-16-18-22-47)67(86)73-31-29-46-25-27-48(28-26-46)34-56(81)53(23-19-30-74-70(72)89)75-68(87)51(41(2)3)36-50(79)37-59-64(84)65(85)60(40-71)92-59/h16-18,21-22,25-28,41-45,49,51-54,58-60,62-66,84-85H,15,19-20,23-24,29-40,71H2,1-14H3,(H,73,86)(H,75,87)(H3,72,74,89)/t44?,45?,49-,51-,52+,53?,54?,58?,59+,60-,62?,63?,64?,65?,66?/m1/s1. The third-order valence-electron chi connectivity index (χ3n) is 19.1. The largest absolute Gasteiger partial charge is 0.388 e. The molecule has 22 heteroatoms. The van der Waals surface area contributed by atoms with Crippen LogP contribution in [0.25, 0.3) is 0 Å². The summed E-state index contributed by atoms with van der Waals surface area (Å²) in [7, 11) is 8.61. The molecule has 15 atom stereocenters. The first-order valence-corrected chi connectivity index (χ1v) is 33.3. The number of Topliss-reactive ketones (excluding diaryl/α,β-unsaturated/α-hetero) is 4. The van der Waals surface area contributed by atoms with Gasteiger partial charge in [0.25, 0.3) is 0 Å². The molecule has 0 aromatic heterocycles. The zero-order valence-electron chi connectivity index (χ0n) is 57.4. The summed E-state index contributed by atoms with van der Waals surface area (Å²) in [5.41, 5.74) is 13.3. The highest BCUT2D eigenvalue weighted by molar-refractivity contribution is 5.93. The van der Waals surface area contributed by atoms with Crippen molar-refractivity contribution in [3.8, 4) is 0 Å². The Bertz CT molecular complexity index is 2690. The Morgan fingerprint density at radius 3 is 1.90 bits per heavy atom. The van der Waals surface area contributed by atoms with Gasteiger partial charge in [-0.3, -0.25) is 43.3 Å². The number of hydrogen-bond acceptors (Lipinski definition) is 16.